The molecule has 0 aliphatic heterocycles. The monoisotopic (exact) mass is 222 g/mol. The van der Waals surface area contributed by atoms with Crippen molar-refractivity contribution in [2.24, 2.45) is 12.5 Å². The molecule has 0 fully saturated rings. The van der Waals surface area contributed by atoms with Gasteiger partial charge in [-0.05, 0) is 26.2 Å². The number of hydrogen-bond donors (Lipinski definition) is 0. The van der Waals surface area contributed by atoms with Crippen LogP contribution in [0, 0.1) is 5.41 Å². The lowest BCUT2D eigenvalue weighted by Crippen LogP contribution is -2.23. The highest BCUT2D eigenvalue weighted by Crippen LogP contribution is 2.22. The van der Waals surface area contributed by atoms with Crippen molar-refractivity contribution in [1.82, 2.24) is 9.47 Å². The zero-order valence-corrected chi connectivity index (χ0v) is 11.2. The van der Waals surface area contributed by atoms with Crippen molar-refractivity contribution in [2.75, 3.05) is 14.1 Å². The van der Waals surface area contributed by atoms with Crippen LogP contribution in [-0.4, -0.2) is 29.3 Å². The van der Waals surface area contributed by atoms with Crippen LogP contribution in [0.15, 0.2) is 12.1 Å². The highest BCUT2D eigenvalue weighted by molar-refractivity contribution is 5.98. The number of Topliss-reactive ketones (excluding diaryl/α,β-unsaturated/α-hetero) is 1. The Morgan fingerprint density at radius 2 is 1.88 bits per heavy atom. The Labute approximate surface area is 98.1 Å². The SMILES string of the molecule is CN(C)Cc1ccc(C(=O)C(C)(C)C)n1C. The van der Waals surface area contributed by atoms with Crippen LogP contribution in [0.4, 0.5) is 0 Å². The molecule has 0 radical (unpaired) electrons. The molecular formula is C13H22N2O. The standard InChI is InChI=1S/C13H22N2O/c1-13(2,3)12(16)11-8-7-10(15(11)6)9-14(4)5/h7-8H,9H2,1-6H3. The molecule has 0 bridgehead atoms. The molecule has 0 spiro atoms. The van der Waals surface area contributed by atoms with Crippen molar-refractivity contribution in [3.05, 3.63) is 23.5 Å². The molecule has 0 saturated heterocycles. The molecule has 0 N–H and O–H groups in total. The van der Waals surface area contributed by atoms with Crippen LogP contribution < -0.4 is 0 Å². The highest BCUT2D eigenvalue weighted by Gasteiger charge is 2.25. The van der Waals surface area contributed by atoms with Crippen molar-refractivity contribution in [1.29, 1.82) is 0 Å². The van der Waals surface area contributed by atoms with Gasteiger partial charge in [0.1, 0.15) is 0 Å². The van der Waals surface area contributed by atoms with E-state index in [4.69, 9.17) is 0 Å². The predicted octanol–water partition coefficient (Wildman–Crippen LogP) is 2.32. The highest BCUT2D eigenvalue weighted by atomic mass is 16.1. The van der Waals surface area contributed by atoms with Gasteiger partial charge in [-0.2, -0.15) is 0 Å². The van der Waals surface area contributed by atoms with Crippen LogP contribution in [0.5, 0.6) is 0 Å². The first-order valence-corrected chi connectivity index (χ1v) is 5.57. The topological polar surface area (TPSA) is 25.2 Å². The van der Waals surface area contributed by atoms with E-state index in [9.17, 15) is 4.79 Å². The maximum absolute atomic E-state index is 12.2. The molecule has 16 heavy (non-hydrogen) atoms. The normalized spacial score (nSPS) is 12.2. The van der Waals surface area contributed by atoms with Gasteiger partial charge in [-0.25, -0.2) is 0 Å². The number of ketones is 1. The number of carbonyl (C=O) groups is 1. The number of carbonyl (C=O) groups excluding carboxylic acids is 1. The van der Waals surface area contributed by atoms with Gasteiger partial charge in [-0.1, -0.05) is 20.8 Å². The van der Waals surface area contributed by atoms with Crippen LogP contribution in [0.3, 0.4) is 0 Å². The summed E-state index contributed by atoms with van der Waals surface area (Å²) in [5.74, 6) is 0.194. The molecule has 3 heteroatoms. The van der Waals surface area contributed by atoms with Gasteiger partial charge in [-0.15, -0.1) is 0 Å². The molecular weight excluding hydrogens is 200 g/mol. The molecule has 0 aliphatic rings. The summed E-state index contributed by atoms with van der Waals surface area (Å²) in [4.78, 5) is 14.2. The molecule has 0 amide bonds. The number of hydrogen-bond acceptors (Lipinski definition) is 2. The van der Waals surface area contributed by atoms with E-state index in [1.165, 1.54) is 0 Å². The van der Waals surface area contributed by atoms with E-state index >= 15 is 0 Å². The van der Waals surface area contributed by atoms with E-state index < -0.39 is 0 Å². The van der Waals surface area contributed by atoms with Gasteiger partial charge in [-0.3, -0.25) is 4.79 Å². The Balaban J connectivity index is 3.01. The zero-order chi connectivity index (χ0) is 12.5. The Morgan fingerprint density at radius 3 is 2.31 bits per heavy atom. The molecule has 1 aromatic rings. The van der Waals surface area contributed by atoms with E-state index in [2.05, 4.69) is 4.90 Å². The summed E-state index contributed by atoms with van der Waals surface area (Å²) < 4.78 is 1.99. The lowest BCUT2D eigenvalue weighted by Gasteiger charge is -2.18. The molecule has 0 unspecified atom stereocenters. The Kier molecular flexibility index (Phi) is 3.58. The summed E-state index contributed by atoms with van der Waals surface area (Å²) in [6.07, 6.45) is 0. The number of nitrogens with zero attached hydrogens (tertiary/aromatic N) is 2. The fourth-order valence-corrected chi connectivity index (χ4v) is 1.65. The minimum absolute atomic E-state index is 0.194. The summed E-state index contributed by atoms with van der Waals surface area (Å²) >= 11 is 0. The fourth-order valence-electron chi connectivity index (χ4n) is 1.65. The maximum atomic E-state index is 12.2. The van der Waals surface area contributed by atoms with E-state index in [1.807, 2.05) is 58.6 Å². The van der Waals surface area contributed by atoms with Crippen molar-refractivity contribution >= 4 is 5.78 Å². The minimum atomic E-state index is -0.318. The quantitative estimate of drug-likeness (QED) is 0.733. The molecule has 3 nitrogen and oxygen atoms in total. The molecule has 0 atom stereocenters. The number of aromatic nitrogens is 1. The predicted molar refractivity (Wildman–Crippen MR) is 66.6 cm³/mol. The van der Waals surface area contributed by atoms with Crippen LogP contribution in [0.1, 0.15) is 37.0 Å². The van der Waals surface area contributed by atoms with Gasteiger partial charge in [0.15, 0.2) is 5.78 Å². The van der Waals surface area contributed by atoms with Crippen molar-refractivity contribution in [2.45, 2.75) is 27.3 Å². The molecule has 0 aromatic carbocycles. The van der Waals surface area contributed by atoms with E-state index in [0.717, 1.165) is 17.9 Å². The van der Waals surface area contributed by atoms with E-state index in [1.54, 1.807) is 0 Å². The smallest absolute Gasteiger partial charge is 0.184 e. The third kappa shape index (κ3) is 2.73. The summed E-state index contributed by atoms with van der Waals surface area (Å²) in [6, 6.07) is 3.95. The van der Waals surface area contributed by atoms with Crippen molar-refractivity contribution in [3.8, 4) is 0 Å². The van der Waals surface area contributed by atoms with Crippen LogP contribution in [-0.2, 0) is 13.6 Å². The third-order valence-electron chi connectivity index (χ3n) is 2.62. The second kappa shape index (κ2) is 4.42. The van der Waals surface area contributed by atoms with Crippen LogP contribution in [0.2, 0.25) is 0 Å². The Morgan fingerprint density at radius 1 is 1.31 bits per heavy atom. The van der Waals surface area contributed by atoms with Crippen LogP contribution in [0.25, 0.3) is 0 Å². The first-order valence-electron chi connectivity index (χ1n) is 5.57. The first kappa shape index (κ1) is 13.0. The molecule has 0 saturated carbocycles. The molecule has 90 valence electrons. The second-order valence-electron chi connectivity index (χ2n) is 5.59. The average molecular weight is 222 g/mol. The Bertz CT molecular complexity index is 383. The van der Waals surface area contributed by atoms with Gasteiger partial charge in [0.2, 0.25) is 0 Å². The molecule has 1 heterocycles. The average Bonchev–Trinajstić information content (AvgIpc) is 2.45. The minimum Gasteiger partial charge on any atom is -0.344 e. The lowest BCUT2D eigenvalue weighted by molar-refractivity contribution is 0.0849. The summed E-state index contributed by atoms with van der Waals surface area (Å²) in [7, 11) is 6.01. The fraction of sp³-hybridized carbons (Fsp3) is 0.615. The zero-order valence-electron chi connectivity index (χ0n) is 11.2. The van der Waals surface area contributed by atoms with Crippen LogP contribution >= 0.6 is 0 Å². The lowest BCUT2D eigenvalue weighted by atomic mass is 9.89. The van der Waals surface area contributed by atoms with Crippen molar-refractivity contribution in [3.63, 3.8) is 0 Å². The summed E-state index contributed by atoms with van der Waals surface area (Å²) in [5.41, 5.74) is 1.64. The first-order chi connectivity index (χ1) is 7.23. The Hall–Kier alpha value is -1.09. The molecule has 1 aromatic heterocycles. The van der Waals surface area contributed by atoms with E-state index in [-0.39, 0.29) is 11.2 Å². The molecule has 0 aliphatic carbocycles. The van der Waals surface area contributed by atoms with Gasteiger partial charge < -0.3 is 9.47 Å². The molecule has 1 rings (SSSR count). The summed E-state index contributed by atoms with van der Waals surface area (Å²) in [6.45, 7) is 6.71. The second-order valence-corrected chi connectivity index (χ2v) is 5.59. The van der Waals surface area contributed by atoms with Gasteiger partial charge in [0, 0.05) is 24.7 Å². The largest absolute Gasteiger partial charge is 0.344 e. The number of rotatable bonds is 3. The van der Waals surface area contributed by atoms with Gasteiger partial charge >= 0.3 is 0 Å². The summed E-state index contributed by atoms with van der Waals surface area (Å²) in [5, 5.41) is 0. The van der Waals surface area contributed by atoms with Gasteiger partial charge in [0.25, 0.3) is 0 Å². The van der Waals surface area contributed by atoms with E-state index in [0.29, 0.717) is 0 Å². The van der Waals surface area contributed by atoms with Gasteiger partial charge in [0.05, 0.1) is 5.69 Å². The van der Waals surface area contributed by atoms with Crippen molar-refractivity contribution < 1.29 is 4.79 Å². The third-order valence-corrected chi connectivity index (χ3v) is 2.62. The maximum Gasteiger partial charge on any atom is 0.184 e.